The van der Waals surface area contributed by atoms with Crippen LogP contribution in [0.5, 0.6) is 0 Å². The molecule has 1 atom stereocenters. The number of carbonyl (C=O) groups excluding carboxylic acids is 1. The highest BCUT2D eigenvalue weighted by Crippen LogP contribution is 2.31. The first-order valence-electron chi connectivity index (χ1n) is 13.7. The lowest BCUT2D eigenvalue weighted by atomic mass is 10.0. The molecule has 11 heteroatoms. The Morgan fingerprint density at radius 3 is 2.29 bits per heavy atom. The number of amides is 1. The van der Waals surface area contributed by atoms with Crippen molar-refractivity contribution in [3.05, 3.63) is 69.9 Å². The maximum absolute atomic E-state index is 12.5. The summed E-state index contributed by atoms with van der Waals surface area (Å²) in [4.78, 5) is 22.5. The fourth-order valence-corrected chi connectivity index (χ4v) is 3.56. The van der Waals surface area contributed by atoms with Crippen LogP contribution < -0.4 is 11.5 Å². The summed E-state index contributed by atoms with van der Waals surface area (Å²) in [6.07, 6.45) is 4.47. The Kier molecular flexibility index (Phi) is 17.4. The highest BCUT2D eigenvalue weighted by Gasteiger charge is 2.30. The van der Waals surface area contributed by atoms with Gasteiger partial charge in [0, 0.05) is 24.2 Å². The van der Waals surface area contributed by atoms with Crippen LogP contribution in [0.2, 0.25) is 5.28 Å². The van der Waals surface area contributed by atoms with E-state index in [2.05, 4.69) is 23.8 Å². The third-order valence-electron chi connectivity index (χ3n) is 5.75. The molecule has 1 aromatic carbocycles. The number of hydrogen-bond acceptors (Lipinski definition) is 6. The molecular formula is C30H45ClF3N5O2. The number of aryl methyl sites for hydroxylation is 1. The van der Waals surface area contributed by atoms with E-state index in [0.29, 0.717) is 30.9 Å². The molecule has 0 bridgehead atoms. The Bertz CT molecular complexity index is 1130. The number of aromatic nitrogens is 2. The number of alkyl halides is 3. The van der Waals surface area contributed by atoms with Crippen LogP contribution in [0.15, 0.2) is 42.2 Å². The molecule has 0 fully saturated rings. The third kappa shape index (κ3) is 13.8. The van der Waals surface area contributed by atoms with Gasteiger partial charge in [-0.2, -0.15) is 13.2 Å². The summed E-state index contributed by atoms with van der Waals surface area (Å²) in [5.41, 5.74) is 12.7. The second-order valence-corrected chi connectivity index (χ2v) is 9.44. The van der Waals surface area contributed by atoms with Gasteiger partial charge < -0.3 is 21.1 Å². The van der Waals surface area contributed by atoms with Crippen LogP contribution in [0.25, 0.3) is 0 Å². The van der Waals surface area contributed by atoms with Gasteiger partial charge in [0.15, 0.2) is 0 Å². The number of rotatable bonds is 5. The van der Waals surface area contributed by atoms with Crippen LogP contribution in [0.1, 0.15) is 76.8 Å². The molecule has 0 saturated heterocycles. The molecule has 1 unspecified atom stereocenters. The zero-order valence-corrected chi connectivity index (χ0v) is 26.2. The number of unbranched alkanes of at least 4 members (excludes halogenated alkanes) is 1. The van der Waals surface area contributed by atoms with Crippen LogP contribution in [0, 0.1) is 12.8 Å². The molecule has 230 valence electrons. The van der Waals surface area contributed by atoms with Crippen LogP contribution in [-0.4, -0.2) is 34.4 Å². The van der Waals surface area contributed by atoms with Gasteiger partial charge in [-0.05, 0) is 55.3 Å². The topological polar surface area (TPSA) is 107 Å². The highest BCUT2D eigenvalue weighted by molar-refractivity contribution is 6.28. The summed E-state index contributed by atoms with van der Waals surface area (Å²) in [6.45, 7) is 14.7. The van der Waals surface area contributed by atoms with Crippen molar-refractivity contribution in [2.24, 2.45) is 5.92 Å². The standard InChI is InChI=1S/C16H21ClN4O2.C8H8F3N.C4H10.C2H6/c1-10(5-4-6-11(2)23-3)15(22)21-8-7-13-12(9-21)14(18)20-16(17)19-13;1-5-2-6(8(9,10)11)4-7(12)3-5;1-3-4-2;1-2/h4-6,10H,7-9H2,1-3H3,(H2,18,19,20);2-4H,12H2,1H3;3-4H2,1-2H3;1-2H3/b5-4-,11-6+;;;. The second-order valence-electron chi connectivity index (χ2n) is 9.10. The van der Waals surface area contributed by atoms with E-state index in [9.17, 15) is 18.0 Å². The Labute approximate surface area is 247 Å². The van der Waals surface area contributed by atoms with E-state index in [4.69, 9.17) is 27.8 Å². The number of nitrogens with zero attached hydrogens (tertiary/aromatic N) is 3. The number of allylic oxidation sites excluding steroid dienone is 3. The van der Waals surface area contributed by atoms with Gasteiger partial charge in [0.25, 0.3) is 0 Å². The van der Waals surface area contributed by atoms with Gasteiger partial charge >= 0.3 is 6.18 Å². The zero-order chi connectivity index (χ0) is 31.8. The molecule has 2 heterocycles. The Morgan fingerprint density at radius 1 is 1.17 bits per heavy atom. The minimum atomic E-state index is -4.31. The number of fused-ring (bicyclic) bond motifs is 1. The number of anilines is 2. The summed E-state index contributed by atoms with van der Waals surface area (Å²) in [5.74, 6) is 0.950. The fraction of sp³-hybridized carbons (Fsp3) is 0.500. The smallest absolute Gasteiger partial charge is 0.416 e. The molecular weight excluding hydrogens is 555 g/mol. The molecule has 41 heavy (non-hydrogen) atoms. The van der Waals surface area contributed by atoms with Crippen molar-refractivity contribution in [3.8, 4) is 0 Å². The predicted molar refractivity (Wildman–Crippen MR) is 162 cm³/mol. The molecule has 0 spiro atoms. The van der Waals surface area contributed by atoms with E-state index < -0.39 is 11.7 Å². The zero-order valence-electron chi connectivity index (χ0n) is 25.4. The lowest BCUT2D eigenvalue weighted by molar-refractivity contribution is -0.137. The first-order valence-corrected chi connectivity index (χ1v) is 14.0. The van der Waals surface area contributed by atoms with E-state index in [1.54, 1.807) is 18.9 Å². The SMILES string of the molecule is CC.CCCC.CO/C(C)=C/C=C\C(C)C(=O)N1CCc2nc(Cl)nc(N)c2C1.Cc1cc(N)cc(C(F)(F)F)c1. The molecule has 1 aliphatic rings. The van der Waals surface area contributed by atoms with E-state index in [1.165, 1.54) is 18.9 Å². The van der Waals surface area contributed by atoms with Gasteiger partial charge in [0.1, 0.15) is 5.82 Å². The van der Waals surface area contributed by atoms with Crippen molar-refractivity contribution in [1.29, 1.82) is 0 Å². The van der Waals surface area contributed by atoms with Gasteiger partial charge in [-0.1, -0.05) is 59.6 Å². The fourth-order valence-electron chi connectivity index (χ4n) is 3.37. The maximum atomic E-state index is 12.5. The average molecular weight is 600 g/mol. The summed E-state index contributed by atoms with van der Waals surface area (Å²) in [6, 6.07) is 3.48. The lowest BCUT2D eigenvalue weighted by Gasteiger charge is -2.30. The van der Waals surface area contributed by atoms with Gasteiger partial charge in [0.2, 0.25) is 11.2 Å². The number of carbonyl (C=O) groups is 1. The highest BCUT2D eigenvalue weighted by atomic mass is 35.5. The minimum Gasteiger partial charge on any atom is -0.501 e. The summed E-state index contributed by atoms with van der Waals surface area (Å²) in [5, 5.41) is 0.151. The minimum absolute atomic E-state index is 0.0460. The molecule has 1 amide bonds. The lowest BCUT2D eigenvalue weighted by Crippen LogP contribution is -2.39. The molecule has 1 aromatic heterocycles. The van der Waals surface area contributed by atoms with Crippen molar-refractivity contribution in [3.63, 3.8) is 0 Å². The van der Waals surface area contributed by atoms with Crippen LogP contribution in [-0.2, 0) is 28.7 Å². The van der Waals surface area contributed by atoms with Crippen LogP contribution in [0.4, 0.5) is 24.7 Å². The van der Waals surface area contributed by atoms with E-state index in [-0.39, 0.29) is 22.8 Å². The van der Waals surface area contributed by atoms with E-state index in [1.807, 2.05) is 45.9 Å². The summed E-state index contributed by atoms with van der Waals surface area (Å²) in [7, 11) is 1.61. The molecule has 1 aliphatic heterocycles. The van der Waals surface area contributed by atoms with Crippen molar-refractivity contribution >= 4 is 29.0 Å². The number of benzene rings is 1. The first kappa shape index (κ1) is 37.7. The van der Waals surface area contributed by atoms with Gasteiger partial charge in [-0.3, -0.25) is 4.79 Å². The maximum Gasteiger partial charge on any atom is 0.416 e. The number of methoxy groups -OCH3 is 1. The number of nitrogens with two attached hydrogens (primary N) is 2. The monoisotopic (exact) mass is 599 g/mol. The normalized spacial score (nSPS) is 13.5. The molecule has 0 radical (unpaired) electrons. The van der Waals surface area contributed by atoms with E-state index in [0.717, 1.165) is 29.1 Å². The molecule has 0 saturated carbocycles. The second kappa shape index (κ2) is 19.0. The molecule has 0 aliphatic carbocycles. The van der Waals surface area contributed by atoms with Gasteiger partial charge in [0.05, 0.1) is 36.6 Å². The Hall–Kier alpha value is -3.27. The summed E-state index contributed by atoms with van der Waals surface area (Å²) < 4.78 is 41.3. The molecule has 7 nitrogen and oxygen atoms in total. The molecule has 3 rings (SSSR count). The van der Waals surface area contributed by atoms with Crippen LogP contribution >= 0.6 is 11.6 Å². The quantitative estimate of drug-likeness (QED) is 0.157. The Balaban J connectivity index is 0.000000742. The van der Waals surface area contributed by atoms with E-state index >= 15 is 0 Å². The molecule has 4 N–H and O–H groups in total. The van der Waals surface area contributed by atoms with Crippen molar-refractivity contribution < 1.29 is 22.7 Å². The third-order valence-corrected chi connectivity index (χ3v) is 5.91. The number of halogens is 4. The van der Waals surface area contributed by atoms with Crippen molar-refractivity contribution in [2.75, 3.05) is 25.1 Å². The Morgan fingerprint density at radius 2 is 1.78 bits per heavy atom. The van der Waals surface area contributed by atoms with Gasteiger partial charge in [-0.25, -0.2) is 9.97 Å². The van der Waals surface area contributed by atoms with Crippen molar-refractivity contribution in [1.82, 2.24) is 14.9 Å². The predicted octanol–water partition coefficient (Wildman–Crippen LogP) is 7.77. The number of hydrogen-bond donors (Lipinski definition) is 2. The summed E-state index contributed by atoms with van der Waals surface area (Å²) >= 11 is 5.82. The van der Waals surface area contributed by atoms with Crippen LogP contribution in [0.3, 0.4) is 0 Å². The number of nitrogen functional groups attached to an aromatic ring is 2. The largest absolute Gasteiger partial charge is 0.501 e. The first-order chi connectivity index (χ1) is 19.2. The van der Waals surface area contributed by atoms with Crippen molar-refractivity contribution in [2.45, 2.75) is 80.4 Å². The number of ether oxygens (including phenoxy) is 1. The average Bonchev–Trinajstić information content (AvgIpc) is 2.92. The van der Waals surface area contributed by atoms with Gasteiger partial charge in [-0.15, -0.1) is 0 Å². The molecule has 2 aromatic rings.